The molecule has 5 nitrogen and oxygen atoms in total. The van der Waals surface area contributed by atoms with E-state index in [1.807, 2.05) is 6.07 Å². The van der Waals surface area contributed by atoms with Crippen LogP contribution in [-0.4, -0.2) is 22.6 Å². The Bertz CT molecular complexity index is 534. The van der Waals surface area contributed by atoms with E-state index in [9.17, 15) is 4.79 Å². The van der Waals surface area contributed by atoms with E-state index in [4.69, 9.17) is 10.4 Å². The summed E-state index contributed by atoms with van der Waals surface area (Å²) < 4.78 is 0. The van der Waals surface area contributed by atoms with Crippen molar-refractivity contribution in [2.24, 2.45) is 5.92 Å². The van der Waals surface area contributed by atoms with Gasteiger partial charge in [0, 0.05) is 12.2 Å². The number of nitrogens with zero attached hydrogens (tertiary/aromatic N) is 2. The average Bonchev–Trinajstić information content (AvgIpc) is 2.43. The maximum Gasteiger partial charge on any atom is 0.308 e. The van der Waals surface area contributed by atoms with Crippen molar-refractivity contribution in [2.75, 3.05) is 11.9 Å². The first-order valence-electron chi connectivity index (χ1n) is 6.51. The van der Waals surface area contributed by atoms with Gasteiger partial charge in [-0.1, -0.05) is 6.92 Å². The van der Waals surface area contributed by atoms with E-state index < -0.39 is 11.9 Å². The van der Waals surface area contributed by atoms with Gasteiger partial charge in [0.25, 0.3) is 0 Å². The third-order valence-electron chi connectivity index (χ3n) is 3.42. The molecule has 0 aromatic carbocycles. The lowest BCUT2D eigenvalue weighted by atomic mass is 9.95. The van der Waals surface area contributed by atoms with Gasteiger partial charge >= 0.3 is 5.97 Å². The number of aromatic nitrogens is 1. The molecule has 1 atom stereocenters. The number of carboxylic acids is 1. The van der Waals surface area contributed by atoms with E-state index in [1.54, 1.807) is 6.92 Å². The highest BCUT2D eigenvalue weighted by Gasteiger charge is 2.16. The molecule has 0 radical (unpaired) electrons. The first-order chi connectivity index (χ1) is 9.11. The molecule has 5 heteroatoms. The SMILES string of the molecule is CC(CNc1nc2c(cc1C#N)CCCC2)C(=O)O. The maximum atomic E-state index is 10.8. The molecule has 1 aliphatic carbocycles. The van der Waals surface area contributed by atoms with Crippen LogP contribution in [0.1, 0.15) is 36.6 Å². The van der Waals surface area contributed by atoms with E-state index in [0.29, 0.717) is 11.4 Å². The lowest BCUT2D eigenvalue weighted by Gasteiger charge is -2.18. The van der Waals surface area contributed by atoms with Crippen LogP contribution < -0.4 is 5.32 Å². The number of hydrogen-bond donors (Lipinski definition) is 2. The van der Waals surface area contributed by atoms with Crippen molar-refractivity contribution in [1.82, 2.24) is 4.98 Å². The maximum absolute atomic E-state index is 10.8. The summed E-state index contributed by atoms with van der Waals surface area (Å²) >= 11 is 0. The highest BCUT2D eigenvalue weighted by molar-refractivity contribution is 5.70. The molecule has 0 fully saturated rings. The molecule has 1 aliphatic rings. The quantitative estimate of drug-likeness (QED) is 0.863. The predicted molar refractivity (Wildman–Crippen MR) is 70.9 cm³/mol. The van der Waals surface area contributed by atoms with E-state index in [-0.39, 0.29) is 6.54 Å². The van der Waals surface area contributed by atoms with E-state index in [1.165, 1.54) is 0 Å². The number of carboxylic acid groups (broad SMARTS) is 1. The molecule has 0 spiro atoms. The number of anilines is 1. The third kappa shape index (κ3) is 3.02. The molecule has 0 bridgehead atoms. The van der Waals surface area contributed by atoms with Crippen molar-refractivity contribution in [3.8, 4) is 6.07 Å². The molecular formula is C14H17N3O2. The molecular weight excluding hydrogens is 242 g/mol. The molecule has 19 heavy (non-hydrogen) atoms. The molecule has 0 amide bonds. The standard InChI is InChI=1S/C14H17N3O2/c1-9(14(18)19)8-16-13-11(7-15)6-10-4-2-3-5-12(10)17-13/h6,9H,2-5,8H2,1H3,(H,16,17)(H,18,19). The fourth-order valence-electron chi connectivity index (χ4n) is 2.19. The summed E-state index contributed by atoms with van der Waals surface area (Å²) in [5.74, 6) is -0.857. The van der Waals surface area contributed by atoms with Crippen molar-refractivity contribution in [3.63, 3.8) is 0 Å². The van der Waals surface area contributed by atoms with Crippen molar-refractivity contribution >= 4 is 11.8 Å². The Hall–Kier alpha value is -2.09. The summed E-state index contributed by atoms with van der Waals surface area (Å²) in [6.07, 6.45) is 4.17. The number of rotatable bonds is 4. The zero-order valence-corrected chi connectivity index (χ0v) is 10.9. The topological polar surface area (TPSA) is 86.0 Å². The third-order valence-corrected chi connectivity index (χ3v) is 3.42. The molecule has 2 N–H and O–H groups in total. The number of hydrogen-bond acceptors (Lipinski definition) is 4. The first-order valence-corrected chi connectivity index (χ1v) is 6.51. The molecule has 1 heterocycles. The van der Waals surface area contributed by atoms with Crippen LogP contribution in [-0.2, 0) is 17.6 Å². The van der Waals surface area contributed by atoms with Gasteiger partial charge in [0.15, 0.2) is 0 Å². The summed E-state index contributed by atoms with van der Waals surface area (Å²) in [5, 5.41) is 21.0. The largest absolute Gasteiger partial charge is 0.481 e. The average molecular weight is 259 g/mol. The molecule has 1 unspecified atom stereocenters. The lowest BCUT2D eigenvalue weighted by Crippen LogP contribution is -2.21. The first kappa shape index (κ1) is 13.3. The van der Waals surface area contributed by atoms with Crippen LogP contribution in [0.5, 0.6) is 0 Å². The summed E-state index contributed by atoms with van der Waals surface area (Å²) in [6, 6.07) is 4.01. The molecule has 2 rings (SSSR count). The van der Waals surface area contributed by atoms with Crippen molar-refractivity contribution in [3.05, 3.63) is 22.9 Å². The van der Waals surface area contributed by atoms with Gasteiger partial charge in [-0.15, -0.1) is 0 Å². The zero-order valence-electron chi connectivity index (χ0n) is 10.9. The Morgan fingerprint density at radius 3 is 3.00 bits per heavy atom. The van der Waals surface area contributed by atoms with Crippen molar-refractivity contribution in [2.45, 2.75) is 32.6 Å². The molecule has 0 saturated carbocycles. The fraction of sp³-hybridized carbons (Fsp3) is 0.500. The molecule has 0 saturated heterocycles. The van der Waals surface area contributed by atoms with Crippen LogP contribution in [0.15, 0.2) is 6.07 Å². The Morgan fingerprint density at radius 2 is 2.32 bits per heavy atom. The highest BCUT2D eigenvalue weighted by atomic mass is 16.4. The lowest BCUT2D eigenvalue weighted by molar-refractivity contribution is -0.140. The van der Waals surface area contributed by atoms with Crippen LogP contribution >= 0.6 is 0 Å². The Morgan fingerprint density at radius 1 is 1.58 bits per heavy atom. The monoisotopic (exact) mass is 259 g/mol. The number of pyridine rings is 1. The Labute approximate surface area is 112 Å². The zero-order chi connectivity index (χ0) is 13.8. The fourth-order valence-corrected chi connectivity index (χ4v) is 2.19. The number of aryl methyl sites for hydroxylation is 2. The number of nitriles is 1. The van der Waals surface area contributed by atoms with E-state index in [2.05, 4.69) is 16.4 Å². The van der Waals surface area contributed by atoms with E-state index >= 15 is 0 Å². The molecule has 100 valence electrons. The number of nitrogens with one attached hydrogen (secondary N) is 1. The minimum atomic E-state index is -0.857. The Kier molecular flexibility index (Phi) is 4.00. The van der Waals surface area contributed by atoms with Gasteiger partial charge < -0.3 is 10.4 Å². The van der Waals surface area contributed by atoms with Crippen LogP contribution in [0.3, 0.4) is 0 Å². The van der Waals surface area contributed by atoms with Crippen LogP contribution in [0.2, 0.25) is 0 Å². The second-order valence-electron chi connectivity index (χ2n) is 4.93. The molecule has 1 aromatic heterocycles. The van der Waals surface area contributed by atoms with Gasteiger partial charge in [0.1, 0.15) is 11.9 Å². The van der Waals surface area contributed by atoms with Crippen LogP contribution in [0, 0.1) is 17.2 Å². The predicted octanol–water partition coefficient (Wildman–Crippen LogP) is 1.96. The summed E-state index contributed by atoms with van der Waals surface area (Å²) in [7, 11) is 0. The summed E-state index contributed by atoms with van der Waals surface area (Å²) in [4.78, 5) is 15.3. The van der Waals surface area contributed by atoms with Crippen LogP contribution in [0.4, 0.5) is 5.82 Å². The van der Waals surface area contributed by atoms with Gasteiger partial charge in [-0.25, -0.2) is 4.98 Å². The minimum Gasteiger partial charge on any atom is -0.481 e. The second-order valence-corrected chi connectivity index (χ2v) is 4.93. The van der Waals surface area contributed by atoms with Gasteiger partial charge in [-0.05, 0) is 37.3 Å². The van der Waals surface area contributed by atoms with Gasteiger partial charge in [-0.2, -0.15) is 5.26 Å². The summed E-state index contributed by atoms with van der Waals surface area (Å²) in [6.45, 7) is 1.90. The normalized spacial score (nSPS) is 15.2. The van der Waals surface area contributed by atoms with Gasteiger partial charge in [0.05, 0.1) is 11.5 Å². The highest BCUT2D eigenvalue weighted by Crippen LogP contribution is 2.24. The minimum absolute atomic E-state index is 0.274. The molecule has 1 aromatic rings. The van der Waals surface area contributed by atoms with Crippen molar-refractivity contribution in [1.29, 1.82) is 5.26 Å². The summed E-state index contributed by atoms with van der Waals surface area (Å²) in [5.41, 5.74) is 2.69. The van der Waals surface area contributed by atoms with E-state index in [0.717, 1.165) is 36.9 Å². The Balaban J connectivity index is 2.20. The number of carbonyl (C=O) groups is 1. The number of aliphatic carboxylic acids is 1. The van der Waals surface area contributed by atoms with Gasteiger partial charge in [-0.3, -0.25) is 4.79 Å². The second kappa shape index (κ2) is 5.70. The van der Waals surface area contributed by atoms with Crippen LogP contribution in [0.25, 0.3) is 0 Å². The van der Waals surface area contributed by atoms with Crippen molar-refractivity contribution < 1.29 is 9.90 Å². The van der Waals surface area contributed by atoms with Gasteiger partial charge in [0.2, 0.25) is 0 Å². The number of fused-ring (bicyclic) bond motifs is 1. The molecule has 0 aliphatic heterocycles. The smallest absolute Gasteiger partial charge is 0.308 e.